The van der Waals surface area contributed by atoms with Crippen LogP contribution >= 0.6 is 11.3 Å². The molecule has 24 heavy (non-hydrogen) atoms. The monoisotopic (exact) mass is 342 g/mol. The van der Waals surface area contributed by atoms with Crippen molar-refractivity contribution >= 4 is 28.8 Å². The van der Waals surface area contributed by atoms with E-state index in [1.54, 1.807) is 31.3 Å². The smallest absolute Gasteiger partial charge is 0.251 e. The molecule has 0 aliphatic carbocycles. The molecule has 3 rings (SSSR count). The van der Waals surface area contributed by atoms with Gasteiger partial charge in [0, 0.05) is 29.2 Å². The van der Waals surface area contributed by atoms with E-state index in [4.69, 9.17) is 0 Å². The molecule has 0 saturated carbocycles. The Balaban J connectivity index is 1.60. The first-order valence-electron chi connectivity index (χ1n) is 7.08. The van der Waals surface area contributed by atoms with Crippen LogP contribution in [0.3, 0.4) is 0 Å². The summed E-state index contributed by atoms with van der Waals surface area (Å²) in [5, 5.41) is 21.1. The maximum absolute atomic E-state index is 12.0. The summed E-state index contributed by atoms with van der Waals surface area (Å²) in [7, 11) is 1.56. The van der Waals surface area contributed by atoms with E-state index in [0.29, 0.717) is 17.1 Å². The van der Waals surface area contributed by atoms with Gasteiger partial charge in [-0.1, -0.05) is 0 Å². The Morgan fingerprint density at radius 2 is 2.00 bits per heavy atom. The van der Waals surface area contributed by atoms with Crippen LogP contribution in [0.2, 0.25) is 0 Å². The van der Waals surface area contributed by atoms with Crippen LogP contribution in [0.1, 0.15) is 10.4 Å². The van der Waals surface area contributed by atoms with E-state index < -0.39 is 0 Å². The van der Waals surface area contributed by atoms with Crippen LogP contribution in [0.5, 0.6) is 0 Å². The third-order valence-electron chi connectivity index (χ3n) is 3.18. The molecule has 0 unspecified atom stereocenters. The van der Waals surface area contributed by atoms with Gasteiger partial charge in [-0.3, -0.25) is 9.59 Å². The summed E-state index contributed by atoms with van der Waals surface area (Å²) in [6.45, 7) is -0.0473. The van der Waals surface area contributed by atoms with Crippen LogP contribution in [-0.2, 0) is 11.3 Å². The standard InChI is InChI=1S/C15H14N6O2S/c1-16-15(23)10-2-4-12(5-3-10)17-13(22)8-21-19-14(18-20-21)11-6-7-24-9-11/h2-7,9H,8H2,1H3,(H,16,23)(H,17,22). The Kier molecular flexibility index (Phi) is 4.62. The molecule has 0 bridgehead atoms. The highest BCUT2D eigenvalue weighted by molar-refractivity contribution is 7.08. The van der Waals surface area contributed by atoms with Crippen molar-refractivity contribution in [3.63, 3.8) is 0 Å². The van der Waals surface area contributed by atoms with E-state index in [-0.39, 0.29) is 18.4 Å². The van der Waals surface area contributed by atoms with E-state index in [2.05, 4.69) is 26.0 Å². The maximum atomic E-state index is 12.0. The molecule has 0 fully saturated rings. The second kappa shape index (κ2) is 7.01. The number of amides is 2. The van der Waals surface area contributed by atoms with Crippen molar-refractivity contribution in [2.45, 2.75) is 6.54 Å². The first-order chi connectivity index (χ1) is 11.7. The number of thiophene rings is 1. The van der Waals surface area contributed by atoms with Crippen LogP contribution in [0.4, 0.5) is 5.69 Å². The summed E-state index contributed by atoms with van der Waals surface area (Å²) in [6, 6.07) is 8.48. The molecule has 0 atom stereocenters. The Labute approximate surface area is 141 Å². The summed E-state index contributed by atoms with van der Waals surface area (Å²) in [4.78, 5) is 24.7. The molecule has 0 aliphatic heterocycles. The van der Waals surface area contributed by atoms with Gasteiger partial charge in [-0.05, 0) is 40.9 Å². The molecule has 2 aromatic heterocycles. The normalized spacial score (nSPS) is 10.4. The topological polar surface area (TPSA) is 102 Å². The molecule has 2 N–H and O–H groups in total. The van der Waals surface area contributed by atoms with Crippen molar-refractivity contribution in [1.29, 1.82) is 0 Å². The van der Waals surface area contributed by atoms with E-state index in [0.717, 1.165) is 5.56 Å². The fourth-order valence-corrected chi connectivity index (χ4v) is 2.63. The minimum atomic E-state index is -0.281. The second-order valence-corrected chi connectivity index (χ2v) is 5.64. The summed E-state index contributed by atoms with van der Waals surface area (Å²) in [6.07, 6.45) is 0. The van der Waals surface area contributed by atoms with E-state index in [1.807, 2.05) is 16.8 Å². The molecule has 0 spiro atoms. The van der Waals surface area contributed by atoms with Crippen LogP contribution in [0.15, 0.2) is 41.1 Å². The Hall–Kier alpha value is -3.07. The van der Waals surface area contributed by atoms with Crippen LogP contribution in [-0.4, -0.2) is 39.1 Å². The SMILES string of the molecule is CNC(=O)c1ccc(NC(=O)Cn2nnc(-c3ccsc3)n2)cc1. The van der Waals surface area contributed by atoms with Gasteiger partial charge in [0.05, 0.1) is 0 Å². The van der Waals surface area contributed by atoms with Crippen LogP contribution in [0, 0.1) is 0 Å². The highest BCUT2D eigenvalue weighted by Gasteiger charge is 2.10. The lowest BCUT2D eigenvalue weighted by molar-refractivity contribution is -0.117. The summed E-state index contributed by atoms with van der Waals surface area (Å²) >= 11 is 1.54. The van der Waals surface area contributed by atoms with Crippen molar-refractivity contribution < 1.29 is 9.59 Å². The van der Waals surface area contributed by atoms with Crippen molar-refractivity contribution in [1.82, 2.24) is 25.5 Å². The lowest BCUT2D eigenvalue weighted by Gasteiger charge is -2.05. The van der Waals surface area contributed by atoms with Gasteiger partial charge in [-0.2, -0.15) is 16.1 Å². The number of hydrogen-bond donors (Lipinski definition) is 2. The predicted molar refractivity (Wildman–Crippen MR) is 89.6 cm³/mol. The third-order valence-corrected chi connectivity index (χ3v) is 3.86. The maximum Gasteiger partial charge on any atom is 0.251 e. The van der Waals surface area contributed by atoms with Gasteiger partial charge in [0.2, 0.25) is 11.7 Å². The Morgan fingerprint density at radius 1 is 1.21 bits per heavy atom. The molecule has 8 nitrogen and oxygen atoms in total. The molecular formula is C15H14N6O2S. The van der Waals surface area contributed by atoms with Gasteiger partial charge in [0.1, 0.15) is 6.54 Å². The molecule has 1 aromatic carbocycles. The van der Waals surface area contributed by atoms with Crippen molar-refractivity contribution in [3.05, 3.63) is 46.7 Å². The molecule has 9 heteroatoms. The number of aromatic nitrogens is 4. The first kappa shape index (κ1) is 15.8. The molecule has 2 amide bonds. The predicted octanol–water partition coefficient (Wildman–Crippen LogP) is 1.40. The number of benzene rings is 1. The number of carbonyl (C=O) groups excluding carboxylic acids is 2. The zero-order valence-corrected chi connectivity index (χ0v) is 13.6. The van der Waals surface area contributed by atoms with Crippen molar-refractivity contribution in [2.75, 3.05) is 12.4 Å². The third kappa shape index (κ3) is 3.63. The Morgan fingerprint density at radius 3 is 2.67 bits per heavy atom. The van der Waals surface area contributed by atoms with Gasteiger partial charge in [0.15, 0.2) is 0 Å². The van der Waals surface area contributed by atoms with Gasteiger partial charge in [0.25, 0.3) is 5.91 Å². The molecule has 0 saturated heterocycles. The van der Waals surface area contributed by atoms with Gasteiger partial charge in [-0.15, -0.1) is 10.2 Å². The average molecular weight is 342 g/mol. The number of anilines is 1. The molecule has 2 heterocycles. The number of rotatable bonds is 5. The summed E-state index contributed by atoms with van der Waals surface area (Å²) in [5.41, 5.74) is 1.98. The largest absolute Gasteiger partial charge is 0.355 e. The Bertz CT molecular complexity index is 841. The highest BCUT2D eigenvalue weighted by Crippen LogP contribution is 2.16. The summed E-state index contributed by atoms with van der Waals surface area (Å²) < 4.78 is 0. The summed E-state index contributed by atoms with van der Waals surface area (Å²) in [5.74, 6) is 0.0246. The lowest BCUT2D eigenvalue weighted by atomic mass is 10.2. The van der Waals surface area contributed by atoms with Crippen LogP contribution < -0.4 is 10.6 Å². The fraction of sp³-hybridized carbons (Fsp3) is 0.133. The van der Waals surface area contributed by atoms with E-state index >= 15 is 0 Å². The van der Waals surface area contributed by atoms with Crippen molar-refractivity contribution in [2.24, 2.45) is 0 Å². The second-order valence-electron chi connectivity index (χ2n) is 4.86. The van der Waals surface area contributed by atoms with Gasteiger partial charge in [-0.25, -0.2) is 0 Å². The lowest BCUT2D eigenvalue weighted by Crippen LogP contribution is -2.21. The number of nitrogens with one attached hydrogen (secondary N) is 2. The molecule has 3 aromatic rings. The van der Waals surface area contributed by atoms with Crippen LogP contribution in [0.25, 0.3) is 11.4 Å². The quantitative estimate of drug-likeness (QED) is 0.730. The van der Waals surface area contributed by atoms with E-state index in [9.17, 15) is 9.59 Å². The molecule has 122 valence electrons. The first-order valence-corrected chi connectivity index (χ1v) is 8.02. The zero-order chi connectivity index (χ0) is 16.9. The minimum Gasteiger partial charge on any atom is -0.355 e. The average Bonchev–Trinajstić information content (AvgIpc) is 3.26. The zero-order valence-electron chi connectivity index (χ0n) is 12.8. The highest BCUT2D eigenvalue weighted by atomic mass is 32.1. The number of hydrogen-bond acceptors (Lipinski definition) is 6. The molecule has 0 aliphatic rings. The minimum absolute atomic E-state index is 0.0473. The fourth-order valence-electron chi connectivity index (χ4n) is 2.00. The van der Waals surface area contributed by atoms with Crippen molar-refractivity contribution in [3.8, 4) is 11.4 Å². The van der Waals surface area contributed by atoms with E-state index in [1.165, 1.54) is 16.1 Å². The number of tetrazole rings is 1. The molecular weight excluding hydrogens is 328 g/mol. The number of carbonyl (C=O) groups is 2. The molecule has 0 radical (unpaired) electrons. The van der Waals surface area contributed by atoms with Gasteiger partial charge >= 0.3 is 0 Å². The number of nitrogens with zero attached hydrogens (tertiary/aromatic N) is 4. The van der Waals surface area contributed by atoms with Gasteiger partial charge < -0.3 is 10.6 Å².